The molecule has 0 fully saturated rings. The first kappa shape index (κ1) is 34.4. The van der Waals surface area contributed by atoms with Crippen molar-refractivity contribution in [2.45, 2.75) is 6.92 Å². The van der Waals surface area contributed by atoms with Gasteiger partial charge >= 0.3 is 0 Å². The molecule has 266 valence electrons. The number of benzene rings is 6. The van der Waals surface area contributed by atoms with Crippen molar-refractivity contribution in [1.29, 1.82) is 0 Å². The molecule has 0 saturated carbocycles. The Hall–Kier alpha value is -7.00. The molecule has 7 N–H and O–H groups in total. The highest BCUT2D eigenvalue weighted by Crippen LogP contribution is 2.46. The van der Waals surface area contributed by atoms with Gasteiger partial charge in [0, 0.05) is 39.6 Å². The number of hydrogen-bond donors (Lipinski definition) is 6. The molecule has 0 aliphatic carbocycles. The molecule has 0 amide bonds. The van der Waals surface area contributed by atoms with Crippen LogP contribution < -0.4 is 19.9 Å². The lowest BCUT2D eigenvalue weighted by molar-refractivity contribution is 0.357. The number of phenols is 5. The number of methoxy groups -OCH3 is 1. The van der Waals surface area contributed by atoms with Crippen LogP contribution in [0.4, 0.5) is 5.69 Å². The molecule has 6 aromatic rings. The second-order valence-electron chi connectivity index (χ2n) is 12.7. The number of phenolic OH excluding ortho intramolecular Hbond substituents is 5. The van der Waals surface area contributed by atoms with Crippen LogP contribution >= 0.6 is 0 Å². The number of fused-ring (bicyclic) bond motifs is 2. The molecule has 0 unspecified atom stereocenters. The maximum Gasteiger partial charge on any atom is 0.158 e. The van der Waals surface area contributed by atoms with Crippen molar-refractivity contribution in [1.82, 2.24) is 0 Å². The fraction of sp³-hybridized carbons (Fsp3) is 0.0909. The molecule has 0 saturated heterocycles. The highest BCUT2D eigenvalue weighted by atomic mass is 16.5. The molecule has 0 bridgehead atoms. The van der Waals surface area contributed by atoms with Gasteiger partial charge in [-0.1, -0.05) is 42.5 Å². The number of hydrogen-bond acceptors (Lipinski definition) is 9. The van der Waals surface area contributed by atoms with Crippen molar-refractivity contribution in [3.8, 4) is 46.0 Å². The van der Waals surface area contributed by atoms with Crippen LogP contribution in [0.2, 0.25) is 0 Å². The van der Waals surface area contributed by atoms with E-state index < -0.39 is 0 Å². The number of anilines is 1. The lowest BCUT2D eigenvalue weighted by atomic mass is 9.86. The normalized spacial score (nSPS) is 13.2. The molecule has 0 spiro atoms. The second-order valence-corrected chi connectivity index (χ2v) is 12.7. The van der Waals surface area contributed by atoms with Crippen LogP contribution in [0.3, 0.4) is 0 Å². The van der Waals surface area contributed by atoms with E-state index in [1.807, 2.05) is 79.7 Å². The van der Waals surface area contributed by atoms with Gasteiger partial charge in [0.1, 0.15) is 47.7 Å². The third-order valence-corrected chi connectivity index (χ3v) is 9.31. The van der Waals surface area contributed by atoms with E-state index in [0.717, 1.165) is 61.4 Å². The lowest BCUT2D eigenvalue weighted by Gasteiger charge is -2.26. The minimum absolute atomic E-state index is 0.166. The molecule has 0 atom stereocenters. The van der Waals surface area contributed by atoms with Crippen LogP contribution in [0.25, 0.3) is 22.3 Å². The Kier molecular flexibility index (Phi) is 9.31. The lowest BCUT2D eigenvalue weighted by Crippen LogP contribution is -2.12. The molecule has 2 heterocycles. The summed E-state index contributed by atoms with van der Waals surface area (Å²) in [6, 6.07) is 35.8. The zero-order valence-electron chi connectivity index (χ0n) is 29.0. The Morgan fingerprint density at radius 2 is 1.17 bits per heavy atom. The first-order valence-corrected chi connectivity index (χ1v) is 16.8. The number of nitrogen functional groups attached to an aromatic ring is 1. The Labute approximate surface area is 306 Å². The standard InChI is InChI=1S/C23H20O5.C21H17NO3/c1-13-19(24)10-8-17-22(14-3-6-16(27-2)7-4-14)18(12-28-23(13)17)15-5-9-20(25)21(26)11-15;22-15-3-1-2-14(10-15)21-18-9-8-17(24)11-20(18)25-12-19(21)13-4-6-16(23)7-5-13/h3-11,24-26H,12H2,1-2H3;1-11,23-24H,12,22H2. The fourth-order valence-corrected chi connectivity index (χ4v) is 6.61. The Morgan fingerprint density at radius 1 is 0.547 bits per heavy atom. The maximum atomic E-state index is 10.1. The number of ether oxygens (including phenoxy) is 3. The summed E-state index contributed by atoms with van der Waals surface area (Å²) in [4.78, 5) is 0. The molecule has 53 heavy (non-hydrogen) atoms. The summed E-state index contributed by atoms with van der Waals surface area (Å²) in [6.45, 7) is 2.45. The molecular formula is C44H37NO8. The first-order valence-electron chi connectivity index (χ1n) is 16.8. The fourth-order valence-electron chi connectivity index (χ4n) is 6.61. The van der Waals surface area contributed by atoms with Crippen LogP contribution in [0, 0.1) is 6.92 Å². The van der Waals surface area contributed by atoms with Crippen LogP contribution in [0.5, 0.6) is 46.0 Å². The minimum atomic E-state index is -0.188. The molecule has 6 aromatic carbocycles. The SMILES string of the molecule is COc1ccc(C2=C(c3ccc(O)c(O)c3)COc3c2ccc(O)c3C)cc1.Nc1cccc(C2=C(c3ccc(O)cc3)COc3cc(O)ccc32)c1. The smallest absolute Gasteiger partial charge is 0.158 e. The third kappa shape index (κ3) is 6.88. The molecule has 2 aliphatic heterocycles. The van der Waals surface area contributed by atoms with E-state index >= 15 is 0 Å². The van der Waals surface area contributed by atoms with E-state index in [9.17, 15) is 25.5 Å². The predicted octanol–water partition coefficient (Wildman–Crippen LogP) is 8.50. The predicted molar refractivity (Wildman–Crippen MR) is 205 cm³/mol. The maximum absolute atomic E-state index is 10.1. The Bertz CT molecular complexity index is 2400. The van der Waals surface area contributed by atoms with Crippen molar-refractivity contribution in [3.05, 3.63) is 160 Å². The van der Waals surface area contributed by atoms with E-state index in [1.165, 1.54) is 12.1 Å². The van der Waals surface area contributed by atoms with E-state index in [-0.39, 0.29) is 35.4 Å². The molecule has 8 rings (SSSR count). The van der Waals surface area contributed by atoms with Gasteiger partial charge in [-0.25, -0.2) is 0 Å². The van der Waals surface area contributed by atoms with Gasteiger partial charge in [0.25, 0.3) is 0 Å². The van der Waals surface area contributed by atoms with Crippen LogP contribution in [-0.2, 0) is 0 Å². The van der Waals surface area contributed by atoms with Crippen molar-refractivity contribution in [2.24, 2.45) is 0 Å². The zero-order valence-corrected chi connectivity index (χ0v) is 29.0. The highest BCUT2D eigenvalue weighted by molar-refractivity contribution is 6.03. The van der Waals surface area contributed by atoms with Gasteiger partial charge in [0.15, 0.2) is 11.5 Å². The zero-order chi connectivity index (χ0) is 37.2. The summed E-state index contributed by atoms with van der Waals surface area (Å²) < 4.78 is 17.1. The van der Waals surface area contributed by atoms with Crippen LogP contribution in [-0.4, -0.2) is 45.9 Å². The van der Waals surface area contributed by atoms with Crippen LogP contribution in [0.15, 0.2) is 121 Å². The molecule has 2 aliphatic rings. The number of aromatic hydroxyl groups is 5. The van der Waals surface area contributed by atoms with Gasteiger partial charge in [-0.05, 0) is 113 Å². The minimum Gasteiger partial charge on any atom is -0.508 e. The molecule has 9 heteroatoms. The average molecular weight is 708 g/mol. The van der Waals surface area contributed by atoms with Gasteiger partial charge in [-0.15, -0.1) is 0 Å². The first-order chi connectivity index (χ1) is 25.6. The molecular weight excluding hydrogens is 670 g/mol. The van der Waals surface area contributed by atoms with Crippen molar-refractivity contribution in [2.75, 3.05) is 26.1 Å². The van der Waals surface area contributed by atoms with Gasteiger partial charge in [0.05, 0.1) is 7.11 Å². The average Bonchev–Trinajstić information content (AvgIpc) is 3.17. The number of rotatable bonds is 5. The summed E-state index contributed by atoms with van der Waals surface area (Å²) in [5.74, 6) is 2.23. The van der Waals surface area contributed by atoms with Crippen LogP contribution in [0.1, 0.15) is 38.9 Å². The van der Waals surface area contributed by atoms with E-state index in [2.05, 4.69) is 0 Å². The summed E-state index contributed by atoms with van der Waals surface area (Å²) >= 11 is 0. The van der Waals surface area contributed by atoms with E-state index in [0.29, 0.717) is 29.4 Å². The summed E-state index contributed by atoms with van der Waals surface area (Å²) in [6.07, 6.45) is 0. The van der Waals surface area contributed by atoms with Gasteiger partial charge < -0.3 is 45.5 Å². The molecule has 0 radical (unpaired) electrons. The van der Waals surface area contributed by atoms with Crippen molar-refractivity contribution in [3.63, 3.8) is 0 Å². The monoisotopic (exact) mass is 707 g/mol. The topological polar surface area (TPSA) is 155 Å². The summed E-state index contributed by atoms with van der Waals surface area (Å²) in [5, 5.41) is 49.0. The molecule has 0 aromatic heterocycles. The van der Waals surface area contributed by atoms with Gasteiger partial charge in [-0.2, -0.15) is 0 Å². The van der Waals surface area contributed by atoms with Crippen molar-refractivity contribution < 1.29 is 39.7 Å². The van der Waals surface area contributed by atoms with Gasteiger partial charge in [-0.3, -0.25) is 0 Å². The largest absolute Gasteiger partial charge is 0.508 e. The Balaban J connectivity index is 0.000000165. The number of nitrogens with two attached hydrogens (primary N) is 1. The Morgan fingerprint density at radius 3 is 1.89 bits per heavy atom. The second kappa shape index (κ2) is 14.3. The third-order valence-electron chi connectivity index (χ3n) is 9.31. The van der Waals surface area contributed by atoms with Gasteiger partial charge in [0.2, 0.25) is 0 Å². The van der Waals surface area contributed by atoms with E-state index in [1.54, 1.807) is 43.5 Å². The summed E-state index contributed by atoms with van der Waals surface area (Å²) in [7, 11) is 1.62. The molecule has 9 nitrogen and oxygen atoms in total. The quantitative estimate of drug-likeness (QED) is 0.0764. The van der Waals surface area contributed by atoms with E-state index in [4.69, 9.17) is 19.9 Å². The van der Waals surface area contributed by atoms with Crippen molar-refractivity contribution >= 4 is 28.0 Å². The summed E-state index contributed by atoms with van der Waals surface area (Å²) in [5.41, 5.74) is 16.6. The highest BCUT2D eigenvalue weighted by Gasteiger charge is 2.26.